The van der Waals surface area contributed by atoms with Gasteiger partial charge in [-0.1, -0.05) is 32.6 Å². The molecule has 4 rings (SSSR count). The van der Waals surface area contributed by atoms with Crippen LogP contribution in [-0.2, 0) is 0 Å². The van der Waals surface area contributed by atoms with Crippen LogP contribution in [-0.4, -0.2) is 33.5 Å². The molecule has 1 aliphatic rings. The number of unbranched alkanes of at least 4 members (excludes halogenated alkanes) is 1. The van der Waals surface area contributed by atoms with E-state index in [4.69, 9.17) is 19.6 Å². The van der Waals surface area contributed by atoms with Gasteiger partial charge in [-0.2, -0.15) is 5.10 Å². The fourth-order valence-corrected chi connectivity index (χ4v) is 4.20. The van der Waals surface area contributed by atoms with Gasteiger partial charge >= 0.3 is 0 Å². The molecule has 0 amide bonds. The fourth-order valence-electron chi connectivity index (χ4n) is 4.20. The largest absolute Gasteiger partial charge is 0.496 e. The first-order chi connectivity index (χ1) is 14.6. The van der Waals surface area contributed by atoms with Crippen LogP contribution in [0.15, 0.2) is 23.0 Å². The lowest BCUT2D eigenvalue weighted by molar-refractivity contribution is 0.307. The molecule has 30 heavy (non-hydrogen) atoms. The number of aromatic amines is 1. The molecule has 1 fully saturated rings. The second kappa shape index (κ2) is 8.90. The SMILES string of the molecule is CCCCOc1ccc(-c2nc3c(C)nn(C4CCCCC4)c3c(=O)[nH]2)c(OC)c1. The maximum absolute atomic E-state index is 13.1. The highest BCUT2D eigenvalue weighted by Crippen LogP contribution is 2.33. The smallest absolute Gasteiger partial charge is 0.277 e. The molecule has 7 heteroatoms. The summed E-state index contributed by atoms with van der Waals surface area (Å²) in [5.74, 6) is 1.84. The molecule has 0 radical (unpaired) electrons. The van der Waals surface area contributed by atoms with Crippen LogP contribution in [0.25, 0.3) is 22.4 Å². The summed E-state index contributed by atoms with van der Waals surface area (Å²) >= 11 is 0. The van der Waals surface area contributed by atoms with Crippen molar-refractivity contribution in [2.45, 2.75) is 64.8 Å². The van der Waals surface area contributed by atoms with E-state index >= 15 is 0 Å². The third-order valence-electron chi connectivity index (χ3n) is 5.84. The summed E-state index contributed by atoms with van der Waals surface area (Å²) < 4.78 is 13.2. The Kier molecular flexibility index (Phi) is 6.06. The molecule has 1 aliphatic carbocycles. The third-order valence-corrected chi connectivity index (χ3v) is 5.84. The van der Waals surface area contributed by atoms with Crippen LogP contribution in [0, 0.1) is 6.92 Å². The van der Waals surface area contributed by atoms with Gasteiger partial charge in [0.1, 0.15) is 22.8 Å². The molecular formula is C23H30N4O3. The van der Waals surface area contributed by atoms with E-state index in [1.807, 2.05) is 29.8 Å². The molecule has 0 spiro atoms. The standard InChI is InChI=1S/C23H30N4O3/c1-4-5-13-30-17-11-12-18(19(14-17)29-3)22-24-20-15(2)26-27(21(20)23(28)25-22)16-9-7-6-8-10-16/h11-12,14,16H,4-10,13H2,1-3H3,(H,24,25,28). The molecule has 3 aromatic rings. The zero-order chi connectivity index (χ0) is 21.1. The molecule has 7 nitrogen and oxygen atoms in total. The topological polar surface area (TPSA) is 82.0 Å². The van der Waals surface area contributed by atoms with E-state index in [1.165, 1.54) is 19.3 Å². The number of benzene rings is 1. The van der Waals surface area contributed by atoms with Crippen LogP contribution in [0.2, 0.25) is 0 Å². The van der Waals surface area contributed by atoms with E-state index in [1.54, 1.807) is 7.11 Å². The predicted octanol–water partition coefficient (Wildman–Crippen LogP) is 4.79. The Balaban J connectivity index is 1.73. The molecular weight excluding hydrogens is 380 g/mol. The van der Waals surface area contributed by atoms with Gasteiger partial charge in [-0.15, -0.1) is 0 Å². The molecule has 0 bridgehead atoms. The normalized spacial score (nSPS) is 14.9. The Morgan fingerprint density at radius 3 is 2.77 bits per heavy atom. The highest BCUT2D eigenvalue weighted by Gasteiger charge is 2.23. The van der Waals surface area contributed by atoms with Crippen molar-refractivity contribution >= 4 is 11.0 Å². The summed E-state index contributed by atoms with van der Waals surface area (Å²) in [5.41, 5.74) is 2.57. The molecule has 1 aromatic carbocycles. The number of ether oxygens (including phenoxy) is 2. The Morgan fingerprint density at radius 2 is 2.03 bits per heavy atom. The third kappa shape index (κ3) is 3.93. The molecule has 160 valence electrons. The van der Waals surface area contributed by atoms with Crippen molar-refractivity contribution in [3.8, 4) is 22.9 Å². The minimum Gasteiger partial charge on any atom is -0.496 e. The van der Waals surface area contributed by atoms with Crippen molar-refractivity contribution in [3.63, 3.8) is 0 Å². The summed E-state index contributed by atoms with van der Waals surface area (Å²) in [6.07, 6.45) is 7.81. The van der Waals surface area contributed by atoms with Crippen molar-refractivity contribution in [2.75, 3.05) is 13.7 Å². The highest BCUT2D eigenvalue weighted by atomic mass is 16.5. The van der Waals surface area contributed by atoms with Crippen LogP contribution >= 0.6 is 0 Å². The number of aryl methyl sites for hydroxylation is 1. The fraction of sp³-hybridized carbons (Fsp3) is 0.522. The Labute approximate surface area is 176 Å². The first-order valence-corrected chi connectivity index (χ1v) is 10.9. The van der Waals surface area contributed by atoms with Gasteiger partial charge in [-0.3, -0.25) is 9.48 Å². The van der Waals surface area contributed by atoms with Gasteiger partial charge in [0, 0.05) is 6.07 Å². The summed E-state index contributed by atoms with van der Waals surface area (Å²) in [6, 6.07) is 5.88. The van der Waals surface area contributed by atoms with Gasteiger partial charge < -0.3 is 14.5 Å². The van der Waals surface area contributed by atoms with E-state index in [0.717, 1.165) is 42.7 Å². The van der Waals surface area contributed by atoms with Crippen LogP contribution in [0.4, 0.5) is 0 Å². The number of hydrogen-bond acceptors (Lipinski definition) is 5. The summed E-state index contributed by atoms with van der Waals surface area (Å²) in [5, 5.41) is 4.69. The molecule has 2 heterocycles. The number of aromatic nitrogens is 4. The predicted molar refractivity (Wildman–Crippen MR) is 117 cm³/mol. The Bertz CT molecular complexity index is 1080. The first-order valence-electron chi connectivity index (χ1n) is 10.9. The van der Waals surface area contributed by atoms with Gasteiger partial charge in [0.2, 0.25) is 0 Å². The quantitative estimate of drug-likeness (QED) is 0.567. The molecule has 1 N–H and O–H groups in total. The molecule has 0 saturated heterocycles. The zero-order valence-corrected chi connectivity index (χ0v) is 18.0. The van der Waals surface area contributed by atoms with Crippen LogP contribution in [0.1, 0.15) is 63.6 Å². The lowest BCUT2D eigenvalue weighted by Gasteiger charge is -2.22. The maximum atomic E-state index is 13.1. The van der Waals surface area contributed by atoms with Crippen molar-refractivity contribution in [1.29, 1.82) is 0 Å². The zero-order valence-electron chi connectivity index (χ0n) is 18.0. The van der Waals surface area contributed by atoms with E-state index in [2.05, 4.69) is 11.9 Å². The maximum Gasteiger partial charge on any atom is 0.277 e. The summed E-state index contributed by atoms with van der Waals surface area (Å²) in [6.45, 7) is 4.71. The van der Waals surface area contributed by atoms with Crippen molar-refractivity contribution in [1.82, 2.24) is 19.7 Å². The lowest BCUT2D eigenvalue weighted by Crippen LogP contribution is -2.19. The van der Waals surface area contributed by atoms with Crippen molar-refractivity contribution < 1.29 is 9.47 Å². The van der Waals surface area contributed by atoms with Gasteiger partial charge in [-0.05, 0) is 38.3 Å². The van der Waals surface area contributed by atoms with Crippen molar-refractivity contribution in [3.05, 3.63) is 34.2 Å². The van der Waals surface area contributed by atoms with Crippen LogP contribution < -0.4 is 15.0 Å². The Hall–Kier alpha value is -2.83. The summed E-state index contributed by atoms with van der Waals surface area (Å²) in [4.78, 5) is 20.8. The van der Waals surface area contributed by atoms with Crippen molar-refractivity contribution in [2.24, 2.45) is 0 Å². The van der Waals surface area contributed by atoms with Crippen LogP contribution in [0.3, 0.4) is 0 Å². The van der Waals surface area contributed by atoms with Gasteiger partial charge in [0.05, 0.1) is 31.0 Å². The second-order valence-electron chi connectivity index (χ2n) is 8.00. The average molecular weight is 411 g/mol. The number of hydrogen-bond donors (Lipinski definition) is 1. The molecule has 0 unspecified atom stereocenters. The minimum atomic E-state index is -0.161. The number of nitrogens with zero attached hydrogens (tertiary/aromatic N) is 3. The number of H-pyrrole nitrogens is 1. The molecule has 1 saturated carbocycles. The number of methoxy groups -OCH3 is 1. The second-order valence-corrected chi connectivity index (χ2v) is 8.00. The van der Waals surface area contributed by atoms with E-state index in [-0.39, 0.29) is 11.6 Å². The van der Waals surface area contributed by atoms with E-state index in [0.29, 0.717) is 29.2 Å². The van der Waals surface area contributed by atoms with Crippen LogP contribution in [0.5, 0.6) is 11.5 Å². The van der Waals surface area contributed by atoms with Gasteiger partial charge in [-0.25, -0.2) is 4.98 Å². The van der Waals surface area contributed by atoms with Gasteiger partial charge in [0.15, 0.2) is 5.52 Å². The first kappa shape index (κ1) is 20.4. The summed E-state index contributed by atoms with van der Waals surface area (Å²) in [7, 11) is 1.61. The monoisotopic (exact) mass is 410 g/mol. The molecule has 0 aliphatic heterocycles. The molecule has 2 aromatic heterocycles. The van der Waals surface area contributed by atoms with E-state index < -0.39 is 0 Å². The van der Waals surface area contributed by atoms with E-state index in [9.17, 15) is 4.79 Å². The average Bonchev–Trinajstić information content (AvgIpc) is 3.11. The highest BCUT2D eigenvalue weighted by molar-refractivity contribution is 5.79. The number of fused-ring (bicyclic) bond motifs is 1. The van der Waals surface area contributed by atoms with Gasteiger partial charge in [0.25, 0.3) is 5.56 Å². The lowest BCUT2D eigenvalue weighted by atomic mass is 9.95. The minimum absolute atomic E-state index is 0.161. The molecule has 0 atom stereocenters. The Morgan fingerprint density at radius 1 is 1.23 bits per heavy atom. The number of rotatable bonds is 7. The number of nitrogens with one attached hydrogen (secondary N) is 1.